The highest BCUT2D eigenvalue weighted by molar-refractivity contribution is 5.87. The molecule has 1 rings (SSSR count). The molecular formula is C12H23N3O2. The van der Waals surface area contributed by atoms with Crippen molar-refractivity contribution < 1.29 is 9.59 Å². The van der Waals surface area contributed by atoms with E-state index in [-0.39, 0.29) is 18.4 Å². The molecule has 3 N–H and O–H groups in total. The fourth-order valence-corrected chi connectivity index (χ4v) is 1.63. The molecule has 0 spiro atoms. The average Bonchev–Trinajstić information content (AvgIpc) is 3.10. The van der Waals surface area contributed by atoms with Crippen LogP contribution in [0, 0.1) is 5.41 Å². The van der Waals surface area contributed by atoms with Gasteiger partial charge in [-0.2, -0.15) is 0 Å². The largest absolute Gasteiger partial charge is 0.352 e. The summed E-state index contributed by atoms with van der Waals surface area (Å²) in [4.78, 5) is 25.2. The SMILES string of the molecule is CCC(C)(CN)C(=O)N(C)CC(=O)NC1CC1. The number of nitrogens with two attached hydrogens (primary N) is 1. The zero-order valence-electron chi connectivity index (χ0n) is 11.0. The van der Waals surface area contributed by atoms with Gasteiger partial charge in [0, 0.05) is 19.6 Å². The second-order valence-corrected chi connectivity index (χ2v) is 5.12. The van der Waals surface area contributed by atoms with E-state index in [0.717, 1.165) is 12.8 Å². The molecule has 2 amide bonds. The van der Waals surface area contributed by atoms with Crippen LogP contribution in [0.15, 0.2) is 0 Å². The first kappa shape index (κ1) is 14.0. The summed E-state index contributed by atoms with van der Waals surface area (Å²) >= 11 is 0. The molecule has 1 unspecified atom stereocenters. The van der Waals surface area contributed by atoms with Crippen LogP contribution in [0.1, 0.15) is 33.1 Å². The summed E-state index contributed by atoms with van der Waals surface area (Å²) in [5, 5.41) is 2.86. The number of carbonyl (C=O) groups is 2. The molecule has 1 aliphatic carbocycles. The number of hydrogen-bond donors (Lipinski definition) is 2. The number of nitrogens with zero attached hydrogens (tertiary/aromatic N) is 1. The molecule has 0 heterocycles. The van der Waals surface area contributed by atoms with Crippen LogP contribution in [-0.2, 0) is 9.59 Å². The Balaban J connectivity index is 2.47. The van der Waals surface area contributed by atoms with Crippen molar-refractivity contribution in [2.45, 2.75) is 39.2 Å². The Labute approximate surface area is 103 Å². The van der Waals surface area contributed by atoms with Gasteiger partial charge in [-0.3, -0.25) is 9.59 Å². The molecule has 98 valence electrons. The summed E-state index contributed by atoms with van der Waals surface area (Å²) < 4.78 is 0. The van der Waals surface area contributed by atoms with Gasteiger partial charge in [-0.15, -0.1) is 0 Å². The molecule has 1 saturated carbocycles. The number of carbonyl (C=O) groups excluding carboxylic acids is 2. The number of hydrogen-bond acceptors (Lipinski definition) is 3. The first-order chi connectivity index (χ1) is 7.92. The minimum Gasteiger partial charge on any atom is -0.352 e. The van der Waals surface area contributed by atoms with E-state index in [2.05, 4.69) is 5.32 Å². The van der Waals surface area contributed by atoms with Crippen molar-refractivity contribution in [1.29, 1.82) is 0 Å². The molecule has 1 aliphatic rings. The normalized spacial score (nSPS) is 18.4. The topological polar surface area (TPSA) is 75.4 Å². The van der Waals surface area contributed by atoms with E-state index in [9.17, 15) is 9.59 Å². The third-order valence-corrected chi connectivity index (χ3v) is 3.42. The third-order valence-electron chi connectivity index (χ3n) is 3.42. The first-order valence-electron chi connectivity index (χ1n) is 6.18. The van der Waals surface area contributed by atoms with Gasteiger partial charge in [-0.25, -0.2) is 0 Å². The molecule has 0 aromatic heterocycles. The molecule has 5 nitrogen and oxygen atoms in total. The summed E-state index contributed by atoms with van der Waals surface area (Å²) in [7, 11) is 1.65. The van der Waals surface area contributed by atoms with Gasteiger partial charge >= 0.3 is 0 Å². The second-order valence-electron chi connectivity index (χ2n) is 5.12. The van der Waals surface area contributed by atoms with E-state index in [1.54, 1.807) is 7.05 Å². The van der Waals surface area contributed by atoms with Gasteiger partial charge < -0.3 is 16.0 Å². The minimum atomic E-state index is -0.561. The fourth-order valence-electron chi connectivity index (χ4n) is 1.63. The van der Waals surface area contributed by atoms with E-state index in [1.807, 2.05) is 13.8 Å². The Kier molecular flexibility index (Phi) is 4.51. The Hall–Kier alpha value is -1.10. The van der Waals surface area contributed by atoms with Gasteiger partial charge in [-0.05, 0) is 26.2 Å². The van der Waals surface area contributed by atoms with E-state index < -0.39 is 5.41 Å². The highest BCUT2D eigenvalue weighted by Gasteiger charge is 2.33. The Morgan fingerprint density at radius 3 is 2.47 bits per heavy atom. The number of nitrogens with one attached hydrogen (secondary N) is 1. The maximum absolute atomic E-state index is 12.1. The van der Waals surface area contributed by atoms with E-state index >= 15 is 0 Å². The minimum absolute atomic E-state index is 0.0616. The smallest absolute Gasteiger partial charge is 0.239 e. The van der Waals surface area contributed by atoms with Crippen molar-refractivity contribution in [3.63, 3.8) is 0 Å². The first-order valence-corrected chi connectivity index (χ1v) is 6.18. The lowest BCUT2D eigenvalue weighted by molar-refractivity contribution is -0.142. The van der Waals surface area contributed by atoms with Crippen molar-refractivity contribution in [1.82, 2.24) is 10.2 Å². The Morgan fingerprint density at radius 1 is 1.47 bits per heavy atom. The van der Waals surface area contributed by atoms with Gasteiger partial charge in [0.05, 0.1) is 12.0 Å². The highest BCUT2D eigenvalue weighted by atomic mass is 16.2. The van der Waals surface area contributed by atoms with Gasteiger partial charge in [0.2, 0.25) is 11.8 Å². The molecule has 1 atom stereocenters. The maximum atomic E-state index is 12.1. The zero-order valence-corrected chi connectivity index (χ0v) is 11.0. The van der Waals surface area contributed by atoms with Crippen LogP contribution in [0.2, 0.25) is 0 Å². The molecule has 17 heavy (non-hydrogen) atoms. The molecule has 0 aliphatic heterocycles. The van der Waals surface area contributed by atoms with Crippen LogP contribution in [0.25, 0.3) is 0 Å². The highest BCUT2D eigenvalue weighted by Crippen LogP contribution is 2.22. The van der Waals surface area contributed by atoms with Crippen molar-refractivity contribution >= 4 is 11.8 Å². The van der Waals surface area contributed by atoms with Gasteiger partial charge in [0.15, 0.2) is 0 Å². The lowest BCUT2D eigenvalue weighted by Gasteiger charge is -2.30. The van der Waals surface area contributed by atoms with Crippen molar-refractivity contribution in [3.8, 4) is 0 Å². The standard InChI is InChI=1S/C12H23N3O2/c1-4-12(2,8-13)11(17)15(3)7-10(16)14-9-5-6-9/h9H,4-8,13H2,1-3H3,(H,14,16). The molecular weight excluding hydrogens is 218 g/mol. The molecule has 5 heteroatoms. The van der Waals surface area contributed by atoms with E-state index in [0.29, 0.717) is 19.0 Å². The average molecular weight is 241 g/mol. The van der Waals surface area contributed by atoms with Crippen molar-refractivity contribution in [2.75, 3.05) is 20.1 Å². The summed E-state index contributed by atoms with van der Waals surface area (Å²) in [5.74, 6) is -0.146. The lowest BCUT2D eigenvalue weighted by atomic mass is 9.86. The molecule has 0 aromatic rings. The predicted octanol–water partition coefficient (Wildman–Crippen LogP) is 0.0984. The van der Waals surface area contributed by atoms with Crippen molar-refractivity contribution in [3.05, 3.63) is 0 Å². The van der Waals surface area contributed by atoms with Crippen LogP contribution in [0.4, 0.5) is 0 Å². The van der Waals surface area contributed by atoms with Gasteiger partial charge in [-0.1, -0.05) is 6.92 Å². The summed E-state index contributed by atoms with van der Waals surface area (Å²) in [6, 6.07) is 0.332. The van der Waals surface area contributed by atoms with Crippen LogP contribution in [-0.4, -0.2) is 42.9 Å². The van der Waals surface area contributed by atoms with Crippen molar-refractivity contribution in [2.24, 2.45) is 11.1 Å². The lowest BCUT2D eigenvalue weighted by Crippen LogP contribution is -2.47. The summed E-state index contributed by atoms with van der Waals surface area (Å²) in [5.41, 5.74) is 5.07. The van der Waals surface area contributed by atoms with Crippen LogP contribution in [0.3, 0.4) is 0 Å². The maximum Gasteiger partial charge on any atom is 0.239 e. The number of amides is 2. The monoisotopic (exact) mass is 241 g/mol. The molecule has 0 bridgehead atoms. The number of rotatable bonds is 6. The second kappa shape index (κ2) is 5.49. The van der Waals surface area contributed by atoms with Crippen LogP contribution in [0.5, 0.6) is 0 Å². The van der Waals surface area contributed by atoms with Gasteiger partial charge in [0.1, 0.15) is 0 Å². The predicted molar refractivity (Wildman–Crippen MR) is 66.3 cm³/mol. The van der Waals surface area contributed by atoms with E-state index in [4.69, 9.17) is 5.73 Å². The number of likely N-dealkylation sites (N-methyl/N-ethyl adjacent to an activating group) is 1. The third kappa shape index (κ3) is 3.70. The Morgan fingerprint density at radius 2 is 2.06 bits per heavy atom. The zero-order chi connectivity index (χ0) is 13.1. The summed E-state index contributed by atoms with van der Waals surface area (Å²) in [6.07, 6.45) is 2.79. The Bertz CT molecular complexity index is 296. The molecule has 1 fully saturated rings. The fraction of sp³-hybridized carbons (Fsp3) is 0.833. The molecule has 0 radical (unpaired) electrons. The molecule has 0 saturated heterocycles. The van der Waals surface area contributed by atoms with Crippen LogP contribution >= 0.6 is 0 Å². The van der Waals surface area contributed by atoms with E-state index in [1.165, 1.54) is 4.90 Å². The van der Waals surface area contributed by atoms with Gasteiger partial charge in [0.25, 0.3) is 0 Å². The summed E-state index contributed by atoms with van der Waals surface area (Å²) in [6.45, 7) is 4.19. The quantitative estimate of drug-likeness (QED) is 0.692. The molecule has 0 aromatic carbocycles. The van der Waals surface area contributed by atoms with Crippen LogP contribution < -0.4 is 11.1 Å².